The highest BCUT2D eigenvalue weighted by molar-refractivity contribution is 5.94. The molecule has 1 atom stereocenters. The van der Waals surface area contributed by atoms with Crippen LogP contribution >= 0.6 is 0 Å². The Balaban J connectivity index is 1.78. The molecule has 0 saturated carbocycles. The van der Waals surface area contributed by atoms with E-state index in [-0.39, 0.29) is 5.69 Å². The van der Waals surface area contributed by atoms with Crippen molar-refractivity contribution in [1.29, 1.82) is 0 Å². The molecule has 0 aliphatic carbocycles. The fraction of sp³-hybridized carbons (Fsp3) is 0.222. The van der Waals surface area contributed by atoms with Crippen LogP contribution in [-0.2, 0) is 11.0 Å². The summed E-state index contributed by atoms with van der Waals surface area (Å²) in [7, 11) is 0. The normalized spacial score (nSPS) is 12.6. The molecule has 3 aromatic rings. The van der Waals surface area contributed by atoms with Crippen molar-refractivity contribution in [3.63, 3.8) is 0 Å². The van der Waals surface area contributed by atoms with E-state index in [9.17, 15) is 18.0 Å². The number of anilines is 1. The van der Waals surface area contributed by atoms with Crippen molar-refractivity contribution in [3.8, 4) is 11.4 Å². The Kier molecular flexibility index (Phi) is 4.93. The van der Waals surface area contributed by atoms with Gasteiger partial charge < -0.3 is 5.32 Å². The predicted molar refractivity (Wildman–Crippen MR) is 92.8 cm³/mol. The number of hydrogen-bond donors (Lipinski definition) is 1. The molecule has 0 radical (unpaired) electrons. The van der Waals surface area contributed by atoms with Gasteiger partial charge >= 0.3 is 6.18 Å². The molecule has 9 heteroatoms. The molecule has 1 unspecified atom stereocenters. The minimum absolute atomic E-state index is 0.319. The number of nitrogens with one attached hydrogen (secondary N) is 1. The number of nitrogens with zero attached hydrogens (tertiary/aromatic N) is 4. The third-order valence-electron chi connectivity index (χ3n) is 3.95. The molecule has 1 amide bonds. The average Bonchev–Trinajstić information content (AvgIpc) is 3.11. The lowest BCUT2D eigenvalue weighted by atomic mass is 10.1. The van der Waals surface area contributed by atoms with E-state index in [1.807, 2.05) is 31.2 Å². The molecule has 1 aromatic heterocycles. The number of carbonyl (C=O) groups is 1. The summed E-state index contributed by atoms with van der Waals surface area (Å²) in [5.74, 6) is -0.357. The molecule has 1 N–H and O–H groups in total. The summed E-state index contributed by atoms with van der Waals surface area (Å²) in [6, 6.07) is 11.2. The molecule has 0 aliphatic rings. The van der Waals surface area contributed by atoms with Crippen molar-refractivity contribution >= 4 is 11.6 Å². The minimum Gasteiger partial charge on any atom is -0.324 e. The SMILES string of the molecule is Cc1ccc(-c2nnn(C(C)C(=O)Nc3ccccc3C(F)(F)F)n2)cc1. The quantitative estimate of drug-likeness (QED) is 0.751. The Bertz CT molecular complexity index is 950. The fourth-order valence-electron chi connectivity index (χ4n) is 2.39. The van der Waals surface area contributed by atoms with Crippen LogP contribution in [0.5, 0.6) is 0 Å². The predicted octanol–water partition coefficient (Wildman–Crippen LogP) is 3.87. The van der Waals surface area contributed by atoms with Crippen LogP contribution < -0.4 is 5.32 Å². The zero-order valence-corrected chi connectivity index (χ0v) is 14.5. The Hall–Kier alpha value is -3.23. The van der Waals surface area contributed by atoms with E-state index in [2.05, 4.69) is 20.7 Å². The number of halogens is 3. The standard InChI is InChI=1S/C18H16F3N5O/c1-11-7-9-13(10-8-11)16-23-25-26(24-16)12(2)17(27)22-15-6-4-3-5-14(15)18(19,20)21/h3-10,12H,1-2H3,(H,22,27). The van der Waals surface area contributed by atoms with Crippen LogP contribution in [0.15, 0.2) is 48.5 Å². The van der Waals surface area contributed by atoms with Crippen LogP contribution in [0, 0.1) is 6.92 Å². The molecular weight excluding hydrogens is 359 g/mol. The first-order valence-corrected chi connectivity index (χ1v) is 8.09. The topological polar surface area (TPSA) is 72.7 Å². The van der Waals surface area contributed by atoms with E-state index >= 15 is 0 Å². The maximum Gasteiger partial charge on any atom is 0.418 e. The molecule has 0 saturated heterocycles. The maximum atomic E-state index is 13.1. The molecule has 0 aliphatic heterocycles. The van der Waals surface area contributed by atoms with Crippen molar-refractivity contribution in [2.75, 3.05) is 5.32 Å². The number of amides is 1. The van der Waals surface area contributed by atoms with Crippen LogP contribution in [0.4, 0.5) is 18.9 Å². The number of benzene rings is 2. The Morgan fingerprint density at radius 3 is 2.44 bits per heavy atom. The zero-order chi connectivity index (χ0) is 19.6. The van der Waals surface area contributed by atoms with Crippen molar-refractivity contribution in [2.45, 2.75) is 26.1 Å². The number of para-hydroxylation sites is 1. The zero-order valence-electron chi connectivity index (χ0n) is 14.5. The average molecular weight is 375 g/mol. The molecule has 3 rings (SSSR count). The number of hydrogen-bond acceptors (Lipinski definition) is 4. The number of aromatic nitrogens is 4. The number of aryl methyl sites for hydroxylation is 1. The summed E-state index contributed by atoms with van der Waals surface area (Å²) < 4.78 is 39.2. The van der Waals surface area contributed by atoms with Crippen molar-refractivity contribution in [1.82, 2.24) is 20.2 Å². The molecule has 0 fully saturated rings. The lowest BCUT2D eigenvalue weighted by Crippen LogP contribution is -2.26. The van der Waals surface area contributed by atoms with Gasteiger partial charge in [-0.3, -0.25) is 4.79 Å². The van der Waals surface area contributed by atoms with E-state index in [1.54, 1.807) is 0 Å². The number of carbonyl (C=O) groups excluding carboxylic acids is 1. The highest BCUT2D eigenvalue weighted by Crippen LogP contribution is 2.34. The lowest BCUT2D eigenvalue weighted by molar-refractivity contribution is -0.137. The first-order valence-electron chi connectivity index (χ1n) is 8.09. The lowest BCUT2D eigenvalue weighted by Gasteiger charge is -2.15. The summed E-state index contributed by atoms with van der Waals surface area (Å²) >= 11 is 0. The number of alkyl halides is 3. The van der Waals surface area contributed by atoms with Gasteiger partial charge in [-0.25, -0.2) is 0 Å². The second kappa shape index (κ2) is 7.18. The van der Waals surface area contributed by atoms with Crippen LogP contribution in [0.1, 0.15) is 24.1 Å². The van der Waals surface area contributed by atoms with Crippen LogP contribution in [-0.4, -0.2) is 26.1 Å². The first-order chi connectivity index (χ1) is 12.8. The van der Waals surface area contributed by atoms with E-state index in [1.165, 1.54) is 25.1 Å². The van der Waals surface area contributed by atoms with Gasteiger partial charge in [0.1, 0.15) is 6.04 Å². The highest BCUT2D eigenvalue weighted by atomic mass is 19.4. The molecular formula is C18H16F3N5O. The van der Waals surface area contributed by atoms with Gasteiger partial charge in [0.05, 0.1) is 11.3 Å². The van der Waals surface area contributed by atoms with Gasteiger partial charge in [-0.2, -0.15) is 18.0 Å². The van der Waals surface area contributed by atoms with Gasteiger partial charge in [0.25, 0.3) is 5.91 Å². The van der Waals surface area contributed by atoms with Crippen molar-refractivity contribution in [2.24, 2.45) is 0 Å². The largest absolute Gasteiger partial charge is 0.418 e. The Morgan fingerprint density at radius 1 is 1.11 bits per heavy atom. The first kappa shape index (κ1) is 18.6. The Labute approximate surface area is 153 Å². The summed E-state index contributed by atoms with van der Waals surface area (Å²) in [6.07, 6.45) is -4.57. The summed E-state index contributed by atoms with van der Waals surface area (Å²) in [6.45, 7) is 3.42. The smallest absolute Gasteiger partial charge is 0.324 e. The van der Waals surface area contributed by atoms with Gasteiger partial charge in [-0.05, 0) is 31.2 Å². The second-order valence-electron chi connectivity index (χ2n) is 6.01. The van der Waals surface area contributed by atoms with Gasteiger partial charge in [0.2, 0.25) is 5.82 Å². The highest BCUT2D eigenvalue weighted by Gasteiger charge is 2.34. The second-order valence-corrected chi connectivity index (χ2v) is 6.01. The molecule has 0 spiro atoms. The van der Waals surface area contributed by atoms with Gasteiger partial charge in [0, 0.05) is 5.56 Å². The molecule has 0 bridgehead atoms. The third kappa shape index (κ3) is 4.13. The summed E-state index contributed by atoms with van der Waals surface area (Å²) in [4.78, 5) is 13.4. The van der Waals surface area contributed by atoms with Crippen LogP contribution in [0.2, 0.25) is 0 Å². The van der Waals surface area contributed by atoms with Crippen molar-refractivity contribution < 1.29 is 18.0 Å². The van der Waals surface area contributed by atoms with Gasteiger partial charge in [-0.15, -0.1) is 10.2 Å². The molecule has 27 heavy (non-hydrogen) atoms. The maximum absolute atomic E-state index is 13.1. The molecule has 6 nitrogen and oxygen atoms in total. The monoisotopic (exact) mass is 375 g/mol. The summed E-state index contributed by atoms with van der Waals surface area (Å²) in [5, 5.41) is 14.2. The van der Waals surface area contributed by atoms with Crippen LogP contribution in [0.3, 0.4) is 0 Å². The van der Waals surface area contributed by atoms with E-state index in [4.69, 9.17) is 0 Å². The number of tetrazole rings is 1. The molecule has 1 heterocycles. The van der Waals surface area contributed by atoms with E-state index in [0.29, 0.717) is 5.82 Å². The van der Waals surface area contributed by atoms with Gasteiger partial charge in [0.15, 0.2) is 0 Å². The number of rotatable bonds is 4. The van der Waals surface area contributed by atoms with E-state index in [0.717, 1.165) is 22.0 Å². The molecule has 2 aromatic carbocycles. The Morgan fingerprint density at radius 2 is 1.78 bits per heavy atom. The minimum atomic E-state index is -4.57. The van der Waals surface area contributed by atoms with E-state index < -0.39 is 23.7 Å². The summed E-state index contributed by atoms with van der Waals surface area (Å²) in [5.41, 5.74) is 0.558. The molecule has 140 valence electrons. The van der Waals surface area contributed by atoms with Crippen LogP contribution in [0.25, 0.3) is 11.4 Å². The fourth-order valence-corrected chi connectivity index (χ4v) is 2.39. The van der Waals surface area contributed by atoms with Gasteiger partial charge in [-0.1, -0.05) is 42.0 Å². The third-order valence-corrected chi connectivity index (χ3v) is 3.95. The van der Waals surface area contributed by atoms with Crippen molar-refractivity contribution in [3.05, 3.63) is 59.7 Å².